The molecule has 0 aliphatic heterocycles. The van der Waals surface area contributed by atoms with Gasteiger partial charge in [0.05, 0.1) is 16.1 Å². The quantitative estimate of drug-likeness (QED) is 0.476. The van der Waals surface area contributed by atoms with Crippen LogP contribution in [0.1, 0.15) is 41.0 Å². The number of para-hydroxylation sites is 1. The van der Waals surface area contributed by atoms with Crippen molar-refractivity contribution in [3.63, 3.8) is 0 Å². The van der Waals surface area contributed by atoms with Crippen LogP contribution < -0.4 is 15.4 Å². The summed E-state index contributed by atoms with van der Waals surface area (Å²) in [6.45, 7) is 3.88. The van der Waals surface area contributed by atoms with Crippen LogP contribution in [0.4, 0.5) is 11.4 Å². The van der Waals surface area contributed by atoms with E-state index in [1.54, 1.807) is 42.5 Å². The van der Waals surface area contributed by atoms with Gasteiger partial charge in [0.25, 0.3) is 21.8 Å². The Hall–Kier alpha value is -3.65. The molecule has 0 bridgehead atoms. The molecule has 3 aromatic rings. The van der Waals surface area contributed by atoms with Crippen LogP contribution in [0.3, 0.4) is 0 Å². The van der Waals surface area contributed by atoms with Gasteiger partial charge in [-0.3, -0.25) is 14.3 Å². The van der Waals surface area contributed by atoms with Gasteiger partial charge in [0.1, 0.15) is 0 Å². The van der Waals surface area contributed by atoms with Crippen molar-refractivity contribution in [2.45, 2.75) is 31.2 Å². The smallest absolute Gasteiger partial charge is 0.261 e. The van der Waals surface area contributed by atoms with Gasteiger partial charge < -0.3 is 10.6 Å². The van der Waals surface area contributed by atoms with Gasteiger partial charge in [-0.25, -0.2) is 8.42 Å². The first-order valence-electron chi connectivity index (χ1n) is 10.2. The van der Waals surface area contributed by atoms with E-state index in [2.05, 4.69) is 15.4 Å². The highest BCUT2D eigenvalue weighted by Gasteiger charge is 2.16. The van der Waals surface area contributed by atoms with Gasteiger partial charge in [-0.1, -0.05) is 37.3 Å². The number of benzene rings is 3. The molecule has 3 aromatic carbocycles. The maximum Gasteiger partial charge on any atom is 0.261 e. The molecule has 0 saturated carbocycles. The lowest BCUT2D eigenvalue weighted by molar-refractivity contribution is 0.0940. The third-order valence-electron chi connectivity index (χ3n) is 4.86. The van der Waals surface area contributed by atoms with Crippen molar-refractivity contribution in [3.05, 3.63) is 90.0 Å². The Labute approximate surface area is 187 Å². The molecule has 0 saturated heterocycles. The number of nitrogens with one attached hydrogen (secondary N) is 3. The van der Waals surface area contributed by atoms with Crippen LogP contribution in [0.15, 0.2) is 83.8 Å². The second-order valence-electron chi connectivity index (χ2n) is 7.28. The molecule has 32 heavy (non-hydrogen) atoms. The first-order chi connectivity index (χ1) is 15.3. The SMILES string of the molecule is CCC(C)NC(=O)c1ccccc1NC(=O)c1ccc(NS(=O)(=O)c2ccccc2)cc1. The molecule has 3 N–H and O–H groups in total. The van der Waals surface area contributed by atoms with Crippen LogP contribution in [0.2, 0.25) is 0 Å². The van der Waals surface area contributed by atoms with Crippen molar-refractivity contribution >= 4 is 33.2 Å². The lowest BCUT2D eigenvalue weighted by Crippen LogP contribution is -2.32. The molecule has 7 nitrogen and oxygen atoms in total. The Balaban J connectivity index is 1.72. The van der Waals surface area contributed by atoms with Gasteiger partial charge in [-0.15, -0.1) is 0 Å². The largest absolute Gasteiger partial charge is 0.350 e. The standard InChI is InChI=1S/C24H25N3O4S/c1-3-17(2)25-24(29)21-11-7-8-12-22(21)26-23(28)18-13-15-19(16-14-18)27-32(30,31)20-9-5-4-6-10-20/h4-17,27H,3H2,1-2H3,(H,25,29)(H,26,28). The van der Waals surface area contributed by atoms with E-state index < -0.39 is 15.9 Å². The molecule has 0 fully saturated rings. The van der Waals surface area contributed by atoms with E-state index in [1.165, 1.54) is 36.4 Å². The molecule has 2 amide bonds. The molecule has 3 rings (SSSR count). The molecule has 0 heterocycles. The molecule has 166 valence electrons. The number of sulfonamides is 1. The van der Waals surface area contributed by atoms with Crippen molar-refractivity contribution in [2.75, 3.05) is 10.0 Å². The summed E-state index contributed by atoms with van der Waals surface area (Å²) in [6, 6.07) is 20.8. The second kappa shape index (κ2) is 10.1. The van der Waals surface area contributed by atoms with Crippen LogP contribution in [-0.2, 0) is 10.0 Å². The fourth-order valence-corrected chi connectivity index (χ4v) is 3.97. The summed E-state index contributed by atoms with van der Waals surface area (Å²) in [4.78, 5) is 25.4. The van der Waals surface area contributed by atoms with Crippen molar-refractivity contribution < 1.29 is 18.0 Å². The summed E-state index contributed by atoms with van der Waals surface area (Å²) < 4.78 is 27.4. The Bertz CT molecular complexity index is 1190. The Morgan fingerprint density at radius 3 is 2.12 bits per heavy atom. The third-order valence-corrected chi connectivity index (χ3v) is 6.26. The topological polar surface area (TPSA) is 104 Å². The Morgan fingerprint density at radius 1 is 0.844 bits per heavy atom. The van der Waals surface area contributed by atoms with Crippen molar-refractivity contribution in [3.8, 4) is 0 Å². The molecular formula is C24H25N3O4S. The zero-order valence-corrected chi connectivity index (χ0v) is 18.6. The van der Waals surface area contributed by atoms with Gasteiger partial charge in [0.15, 0.2) is 0 Å². The fraction of sp³-hybridized carbons (Fsp3) is 0.167. The number of hydrogen-bond acceptors (Lipinski definition) is 4. The first-order valence-corrected chi connectivity index (χ1v) is 11.7. The van der Waals surface area contributed by atoms with Crippen molar-refractivity contribution in [1.82, 2.24) is 5.32 Å². The number of carbonyl (C=O) groups is 2. The molecule has 0 aliphatic rings. The fourth-order valence-electron chi connectivity index (χ4n) is 2.89. The number of anilines is 2. The third kappa shape index (κ3) is 5.73. The van der Waals surface area contributed by atoms with E-state index in [1.807, 2.05) is 13.8 Å². The van der Waals surface area contributed by atoms with Crippen LogP contribution in [0.25, 0.3) is 0 Å². The average molecular weight is 452 g/mol. The monoisotopic (exact) mass is 451 g/mol. The molecular weight excluding hydrogens is 426 g/mol. The lowest BCUT2D eigenvalue weighted by atomic mass is 10.1. The zero-order chi connectivity index (χ0) is 23.1. The second-order valence-corrected chi connectivity index (χ2v) is 8.96. The molecule has 0 radical (unpaired) electrons. The van der Waals surface area contributed by atoms with Gasteiger partial charge in [0, 0.05) is 17.3 Å². The first kappa shape index (κ1) is 23.0. The van der Waals surface area contributed by atoms with Crippen LogP contribution in [0, 0.1) is 0 Å². The maximum absolute atomic E-state index is 12.7. The summed E-state index contributed by atoms with van der Waals surface area (Å²) in [5, 5.41) is 5.64. The van der Waals surface area contributed by atoms with E-state index in [0.29, 0.717) is 22.5 Å². The van der Waals surface area contributed by atoms with Gasteiger partial charge in [-0.05, 0) is 61.9 Å². The molecule has 0 spiro atoms. The van der Waals surface area contributed by atoms with E-state index in [0.717, 1.165) is 6.42 Å². The minimum absolute atomic E-state index is 0.0125. The average Bonchev–Trinajstić information content (AvgIpc) is 2.80. The summed E-state index contributed by atoms with van der Waals surface area (Å²) >= 11 is 0. The summed E-state index contributed by atoms with van der Waals surface area (Å²) in [7, 11) is -3.72. The van der Waals surface area contributed by atoms with E-state index in [9.17, 15) is 18.0 Å². The van der Waals surface area contributed by atoms with Crippen molar-refractivity contribution in [2.24, 2.45) is 0 Å². The zero-order valence-electron chi connectivity index (χ0n) is 17.8. The summed E-state index contributed by atoms with van der Waals surface area (Å²) in [5.74, 6) is -0.674. The maximum atomic E-state index is 12.7. The highest BCUT2D eigenvalue weighted by atomic mass is 32.2. The van der Waals surface area contributed by atoms with E-state index >= 15 is 0 Å². The minimum Gasteiger partial charge on any atom is -0.350 e. The highest BCUT2D eigenvalue weighted by Crippen LogP contribution is 2.19. The normalized spacial score (nSPS) is 11.9. The molecule has 8 heteroatoms. The summed E-state index contributed by atoms with van der Waals surface area (Å²) in [6.07, 6.45) is 0.792. The predicted molar refractivity (Wildman–Crippen MR) is 125 cm³/mol. The highest BCUT2D eigenvalue weighted by molar-refractivity contribution is 7.92. The minimum atomic E-state index is -3.72. The van der Waals surface area contributed by atoms with E-state index in [-0.39, 0.29) is 16.8 Å². The summed E-state index contributed by atoms with van der Waals surface area (Å²) in [5.41, 5.74) is 1.42. The number of rotatable bonds is 8. The van der Waals surface area contributed by atoms with Gasteiger partial charge >= 0.3 is 0 Å². The van der Waals surface area contributed by atoms with Gasteiger partial charge in [-0.2, -0.15) is 0 Å². The van der Waals surface area contributed by atoms with Crippen LogP contribution in [0.5, 0.6) is 0 Å². The van der Waals surface area contributed by atoms with Crippen LogP contribution >= 0.6 is 0 Å². The number of carbonyl (C=O) groups excluding carboxylic acids is 2. The molecule has 1 atom stereocenters. The number of hydrogen-bond donors (Lipinski definition) is 3. The number of amides is 2. The molecule has 0 aromatic heterocycles. The van der Waals surface area contributed by atoms with Crippen LogP contribution in [-0.4, -0.2) is 26.3 Å². The van der Waals surface area contributed by atoms with Crippen molar-refractivity contribution in [1.29, 1.82) is 0 Å². The Morgan fingerprint density at radius 2 is 1.47 bits per heavy atom. The molecule has 1 unspecified atom stereocenters. The predicted octanol–water partition coefficient (Wildman–Crippen LogP) is 4.27. The Kier molecular flexibility index (Phi) is 7.27. The lowest BCUT2D eigenvalue weighted by Gasteiger charge is -2.15. The molecule has 0 aliphatic carbocycles. The van der Waals surface area contributed by atoms with E-state index in [4.69, 9.17) is 0 Å². The van der Waals surface area contributed by atoms with Gasteiger partial charge in [0.2, 0.25) is 0 Å².